The monoisotopic (exact) mass is 495 g/mol. The van der Waals surface area contributed by atoms with Gasteiger partial charge in [-0.1, -0.05) is 47.1 Å². The molecule has 1 unspecified atom stereocenters. The molecule has 8 nitrogen and oxygen atoms in total. The molecule has 4 rings (SSSR count). The Morgan fingerprint density at radius 3 is 2.54 bits per heavy atom. The van der Waals surface area contributed by atoms with E-state index < -0.39 is 23.7 Å². The fourth-order valence-electron chi connectivity index (χ4n) is 3.74. The second-order valence-corrected chi connectivity index (χ2v) is 8.12. The second-order valence-electron chi connectivity index (χ2n) is 7.68. The van der Waals surface area contributed by atoms with Gasteiger partial charge in [-0.15, -0.1) is 5.10 Å². The number of fused-ring (bicyclic) bond motifs is 1. The molecule has 1 heterocycles. The molecule has 0 saturated heterocycles. The lowest BCUT2D eigenvalue weighted by molar-refractivity contribution is -0.127. The summed E-state index contributed by atoms with van der Waals surface area (Å²) in [5.74, 6) is -1.66. The number of hydrogen-bond donors (Lipinski definition) is 1. The van der Waals surface area contributed by atoms with E-state index in [1.165, 1.54) is 34.9 Å². The molecule has 0 aliphatic carbocycles. The van der Waals surface area contributed by atoms with Crippen LogP contribution in [-0.2, 0) is 20.9 Å². The number of nitrogens with one attached hydrogen (secondary N) is 1. The van der Waals surface area contributed by atoms with Gasteiger partial charge in [-0.3, -0.25) is 14.5 Å². The van der Waals surface area contributed by atoms with Crippen LogP contribution >= 0.6 is 11.6 Å². The summed E-state index contributed by atoms with van der Waals surface area (Å²) in [5.41, 5.74) is 1.71. The van der Waals surface area contributed by atoms with Gasteiger partial charge < -0.3 is 10.1 Å². The van der Waals surface area contributed by atoms with Gasteiger partial charge in [-0.05, 0) is 42.5 Å². The quantitative estimate of drug-likeness (QED) is 0.357. The van der Waals surface area contributed by atoms with Gasteiger partial charge in [0.2, 0.25) is 11.8 Å². The largest absolute Gasteiger partial charge is 0.383 e. The maximum absolute atomic E-state index is 15.0. The molecule has 0 fully saturated rings. The van der Waals surface area contributed by atoms with Gasteiger partial charge in [0.1, 0.15) is 23.9 Å². The molecule has 1 N–H and O–H groups in total. The number of anilines is 1. The van der Waals surface area contributed by atoms with E-state index in [9.17, 15) is 14.0 Å². The van der Waals surface area contributed by atoms with Crippen LogP contribution in [0.2, 0.25) is 5.02 Å². The number of aromatic nitrogens is 3. The number of halogens is 2. The average molecular weight is 496 g/mol. The van der Waals surface area contributed by atoms with Crippen LogP contribution in [0.25, 0.3) is 11.0 Å². The molecule has 1 atom stereocenters. The smallest absolute Gasteiger partial charge is 0.249 e. The van der Waals surface area contributed by atoms with E-state index in [0.717, 1.165) is 0 Å². The maximum Gasteiger partial charge on any atom is 0.249 e. The summed E-state index contributed by atoms with van der Waals surface area (Å²) in [4.78, 5) is 28.4. The third-order valence-corrected chi connectivity index (χ3v) is 5.64. The van der Waals surface area contributed by atoms with E-state index in [1.54, 1.807) is 42.5 Å². The first-order valence-corrected chi connectivity index (χ1v) is 11.2. The summed E-state index contributed by atoms with van der Waals surface area (Å²) < 4.78 is 21.4. The average Bonchev–Trinajstić information content (AvgIpc) is 3.26. The predicted molar refractivity (Wildman–Crippen MR) is 130 cm³/mol. The summed E-state index contributed by atoms with van der Waals surface area (Å²) >= 11 is 6.07. The van der Waals surface area contributed by atoms with Crippen LogP contribution in [0.5, 0.6) is 0 Å². The minimum absolute atomic E-state index is 0.0502. The lowest BCUT2D eigenvalue weighted by atomic mass is 10.0. The van der Waals surface area contributed by atoms with Crippen molar-refractivity contribution in [3.63, 3.8) is 0 Å². The number of nitrogens with zero attached hydrogens (tertiary/aromatic N) is 4. The number of hydrogen-bond acceptors (Lipinski definition) is 5. The van der Waals surface area contributed by atoms with Crippen LogP contribution in [0.1, 0.15) is 11.6 Å². The molecule has 0 aliphatic heterocycles. The van der Waals surface area contributed by atoms with Crippen LogP contribution in [0.4, 0.5) is 10.1 Å². The van der Waals surface area contributed by atoms with E-state index in [2.05, 4.69) is 15.6 Å². The van der Waals surface area contributed by atoms with Gasteiger partial charge in [0.05, 0.1) is 12.1 Å². The van der Waals surface area contributed by atoms with Crippen molar-refractivity contribution in [1.29, 1.82) is 0 Å². The molecule has 4 aromatic rings. The Morgan fingerprint density at radius 1 is 1.09 bits per heavy atom. The Bertz CT molecular complexity index is 1330. The second kappa shape index (κ2) is 11.1. The lowest BCUT2D eigenvalue weighted by Crippen LogP contribution is -2.46. The Labute approximate surface area is 206 Å². The van der Waals surface area contributed by atoms with Crippen molar-refractivity contribution < 1.29 is 18.7 Å². The van der Waals surface area contributed by atoms with Crippen LogP contribution in [0, 0.1) is 5.82 Å². The number of benzene rings is 3. The van der Waals surface area contributed by atoms with Crippen molar-refractivity contribution in [3.8, 4) is 0 Å². The van der Waals surface area contributed by atoms with Crippen molar-refractivity contribution in [3.05, 3.63) is 89.2 Å². The standard InChI is InChI=1S/C25H23ClFN5O3/c1-35-15-14-28-25(34)24(19-6-2-3-7-20(19)27)32(18-12-10-17(26)11-13-18)23(33)16-31-22-9-5-4-8-21(22)29-30-31/h2-13,24H,14-16H2,1H3,(H,28,34). The normalized spacial score (nSPS) is 11.9. The molecule has 0 radical (unpaired) electrons. The maximum atomic E-state index is 15.0. The van der Waals surface area contributed by atoms with E-state index in [0.29, 0.717) is 21.7 Å². The molecule has 0 aliphatic rings. The molecular formula is C25H23ClFN5O3. The van der Waals surface area contributed by atoms with Crippen molar-refractivity contribution in [1.82, 2.24) is 20.3 Å². The zero-order valence-corrected chi connectivity index (χ0v) is 19.7. The summed E-state index contributed by atoms with van der Waals surface area (Å²) in [6.45, 7) is 0.228. The first kappa shape index (κ1) is 24.3. The number of amides is 2. The van der Waals surface area contributed by atoms with Crippen LogP contribution in [0.15, 0.2) is 72.8 Å². The van der Waals surface area contributed by atoms with Gasteiger partial charge in [0.15, 0.2) is 0 Å². The van der Waals surface area contributed by atoms with Gasteiger partial charge >= 0.3 is 0 Å². The topological polar surface area (TPSA) is 89.4 Å². The third kappa shape index (κ3) is 5.47. The molecule has 0 bridgehead atoms. The van der Waals surface area contributed by atoms with Crippen LogP contribution < -0.4 is 10.2 Å². The lowest BCUT2D eigenvalue weighted by Gasteiger charge is -2.31. The highest BCUT2D eigenvalue weighted by Crippen LogP contribution is 2.31. The van der Waals surface area contributed by atoms with E-state index >= 15 is 0 Å². The Morgan fingerprint density at radius 2 is 1.80 bits per heavy atom. The van der Waals surface area contributed by atoms with E-state index in [1.807, 2.05) is 12.1 Å². The summed E-state index contributed by atoms with van der Waals surface area (Å²) in [6, 6.07) is 18.2. The predicted octanol–water partition coefficient (Wildman–Crippen LogP) is 3.76. The number of carbonyl (C=O) groups excluding carboxylic acids is 2. The molecule has 2 amide bonds. The van der Waals surface area contributed by atoms with Gasteiger partial charge in [0, 0.05) is 29.9 Å². The van der Waals surface area contributed by atoms with Crippen molar-refractivity contribution in [2.75, 3.05) is 25.2 Å². The fraction of sp³-hybridized carbons (Fsp3) is 0.200. The number of para-hydroxylation sites is 1. The Balaban J connectivity index is 1.78. The highest BCUT2D eigenvalue weighted by atomic mass is 35.5. The molecule has 180 valence electrons. The summed E-state index contributed by atoms with van der Waals surface area (Å²) in [7, 11) is 1.51. The Hall–Kier alpha value is -3.82. The molecule has 1 aromatic heterocycles. The van der Waals surface area contributed by atoms with Crippen LogP contribution in [-0.4, -0.2) is 47.1 Å². The molecule has 35 heavy (non-hydrogen) atoms. The van der Waals surface area contributed by atoms with E-state index in [-0.39, 0.29) is 25.3 Å². The summed E-state index contributed by atoms with van der Waals surface area (Å²) in [5, 5.41) is 11.4. The highest BCUT2D eigenvalue weighted by Gasteiger charge is 2.34. The SMILES string of the molecule is COCCNC(=O)C(c1ccccc1F)N(C(=O)Cn1nnc2ccccc21)c1ccc(Cl)cc1. The number of ether oxygens (including phenoxy) is 1. The first-order valence-electron chi connectivity index (χ1n) is 10.9. The molecular weight excluding hydrogens is 473 g/mol. The van der Waals surface area contributed by atoms with Crippen molar-refractivity contribution in [2.45, 2.75) is 12.6 Å². The van der Waals surface area contributed by atoms with E-state index in [4.69, 9.17) is 16.3 Å². The number of carbonyl (C=O) groups is 2. The highest BCUT2D eigenvalue weighted by molar-refractivity contribution is 6.30. The van der Waals surface area contributed by atoms with Crippen molar-refractivity contribution in [2.24, 2.45) is 0 Å². The summed E-state index contributed by atoms with van der Waals surface area (Å²) in [6.07, 6.45) is 0. The number of rotatable bonds is 9. The fourth-order valence-corrected chi connectivity index (χ4v) is 3.87. The Kier molecular flexibility index (Phi) is 7.69. The van der Waals surface area contributed by atoms with Gasteiger partial charge in [-0.25, -0.2) is 9.07 Å². The molecule has 0 saturated carbocycles. The van der Waals surface area contributed by atoms with Gasteiger partial charge in [-0.2, -0.15) is 0 Å². The molecule has 3 aromatic carbocycles. The number of methoxy groups -OCH3 is 1. The zero-order valence-electron chi connectivity index (χ0n) is 18.9. The molecule has 0 spiro atoms. The zero-order chi connectivity index (χ0) is 24.8. The molecule has 10 heteroatoms. The minimum Gasteiger partial charge on any atom is -0.383 e. The van der Waals surface area contributed by atoms with Crippen LogP contribution in [0.3, 0.4) is 0 Å². The first-order chi connectivity index (χ1) is 17.0. The minimum atomic E-state index is -1.29. The van der Waals surface area contributed by atoms with Crippen molar-refractivity contribution >= 4 is 40.1 Å². The third-order valence-electron chi connectivity index (χ3n) is 5.39. The van der Waals surface area contributed by atoms with Gasteiger partial charge in [0.25, 0.3) is 0 Å².